The van der Waals surface area contributed by atoms with Gasteiger partial charge < -0.3 is 19.7 Å². The molecule has 1 amide bonds. The summed E-state index contributed by atoms with van der Waals surface area (Å²) in [6.07, 6.45) is 2.49. The van der Waals surface area contributed by atoms with E-state index < -0.39 is 0 Å². The number of aromatic nitrogens is 2. The fourth-order valence-corrected chi connectivity index (χ4v) is 2.56. The molecule has 0 unspecified atom stereocenters. The lowest BCUT2D eigenvalue weighted by Crippen LogP contribution is -2.41. The number of nitrogens with one attached hydrogen (secondary N) is 1. The summed E-state index contributed by atoms with van der Waals surface area (Å²) in [4.78, 5) is 24.2. The molecule has 2 rings (SSSR count). The first-order valence-electron chi connectivity index (χ1n) is 8.78. The van der Waals surface area contributed by atoms with Crippen LogP contribution >= 0.6 is 35.6 Å². The van der Waals surface area contributed by atoms with Crippen LogP contribution in [0.5, 0.6) is 0 Å². The van der Waals surface area contributed by atoms with E-state index in [1.54, 1.807) is 20.3 Å². The maximum absolute atomic E-state index is 11.9. The van der Waals surface area contributed by atoms with Gasteiger partial charge in [0.2, 0.25) is 5.91 Å². The molecule has 0 radical (unpaired) electrons. The van der Waals surface area contributed by atoms with Crippen molar-refractivity contribution in [2.75, 3.05) is 34.2 Å². The summed E-state index contributed by atoms with van der Waals surface area (Å²) in [5, 5.41) is 3.92. The Bertz CT molecular complexity index is 778. The number of aliphatic imine (C=N–C) groups is 1. The molecule has 0 fully saturated rings. The zero-order valence-electron chi connectivity index (χ0n) is 16.7. The average molecular weight is 519 g/mol. The third-order valence-corrected chi connectivity index (χ3v) is 4.52. The number of amides is 1. The van der Waals surface area contributed by atoms with Gasteiger partial charge in [-0.2, -0.15) is 0 Å². The lowest BCUT2D eigenvalue weighted by atomic mass is 10.1. The van der Waals surface area contributed by atoms with Crippen molar-refractivity contribution < 1.29 is 4.79 Å². The van der Waals surface area contributed by atoms with E-state index in [1.165, 1.54) is 10.5 Å². The molecule has 0 bridgehead atoms. The van der Waals surface area contributed by atoms with Gasteiger partial charge in [0.25, 0.3) is 0 Å². The van der Waals surface area contributed by atoms with Crippen LogP contribution in [0, 0.1) is 0 Å². The molecule has 0 aliphatic carbocycles. The molecule has 0 saturated heterocycles. The molecule has 154 valence electrons. The monoisotopic (exact) mass is 518 g/mol. The number of carbonyl (C=O) groups excluding carboxylic acids is 1. The smallest absolute Gasteiger partial charge is 0.243 e. The molecule has 1 aromatic carbocycles. The Morgan fingerprint density at radius 3 is 2.50 bits per heavy atom. The maximum atomic E-state index is 11.9. The molecule has 1 aromatic heterocycles. The predicted octanol–water partition coefficient (Wildman–Crippen LogP) is 2.40. The van der Waals surface area contributed by atoms with Crippen LogP contribution in [0.1, 0.15) is 11.4 Å². The van der Waals surface area contributed by atoms with Gasteiger partial charge in [0.15, 0.2) is 5.96 Å². The highest BCUT2D eigenvalue weighted by Crippen LogP contribution is 2.10. The standard InChI is InChI=1S/C19H27ClN6O.HI/c1-24(2)18(27)13-23-19(21-11-10-15-8-6-5-7-9-15)25(3)14-17-22-12-16(20)26(17)4;/h5-9,12H,10-11,13-14H2,1-4H3,(H,21,23);1H. The highest BCUT2D eigenvalue weighted by atomic mass is 127. The fourth-order valence-electron chi connectivity index (χ4n) is 2.42. The van der Waals surface area contributed by atoms with Crippen molar-refractivity contribution in [3.63, 3.8) is 0 Å². The first-order valence-corrected chi connectivity index (χ1v) is 9.16. The van der Waals surface area contributed by atoms with Crippen molar-refractivity contribution >= 4 is 47.4 Å². The number of likely N-dealkylation sites (N-methyl/N-ethyl adjacent to an activating group) is 1. The van der Waals surface area contributed by atoms with E-state index >= 15 is 0 Å². The van der Waals surface area contributed by atoms with E-state index in [0.29, 0.717) is 24.2 Å². The van der Waals surface area contributed by atoms with Crippen molar-refractivity contribution in [2.45, 2.75) is 13.0 Å². The van der Waals surface area contributed by atoms with Gasteiger partial charge in [-0.3, -0.25) is 4.79 Å². The van der Waals surface area contributed by atoms with Crippen LogP contribution in [-0.2, 0) is 24.8 Å². The molecular weight excluding hydrogens is 491 g/mol. The van der Waals surface area contributed by atoms with E-state index in [0.717, 1.165) is 12.2 Å². The van der Waals surface area contributed by atoms with Crippen LogP contribution in [-0.4, -0.2) is 65.5 Å². The average Bonchev–Trinajstić information content (AvgIpc) is 2.96. The first-order chi connectivity index (χ1) is 12.9. The topological polar surface area (TPSA) is 65.8 Å². The Balaban J connectivity index is 0.00000392. The molecule has 0 saturated carbocycles. The zero-order chi connectivity index (χ0) is 19.8. The van der Waals surface area contributed by atoms with Gasteiger partial charge >= 0.3 is 0 Å². The van der Waals surface area contributed by atoms with Crippen LogP contribution in [0.2, 0.25) is 5.15 Å². The molecule has 1 heterocycles. The van der Waals surface area contributed by atoms with Crippen LogP contribution < -0.4 is 5.32 Å². The first kappa shape index (κ1) is 24.2. The molecule has 9 heteroatoms. The molecule has 0 spiro atoms. The van der Waals surface area contributed by atoms with E-state index in [4.69, 9.17) is 11.6 Å². The summed E-state index contributed by atoms with van der Waals surface area (Å²) in [5.74, 6) is 1.42. The van der Waals surface area contributed by atoms with Gasteiger partial charge in [-0.1, -0.05) is 41.9 Å². The molecule has 0 aliphatic rings. The van der Waals surface area contributed by atoms with Crippen molar-refractivity contribution in [3.8, 4) is 0 Å². The third kappa shape index (κ3) is 7.31. The number of nitrogens with zero attached hydrogens (tertiary/aromatic N) is 5. The number of guanidine groups is 1. The number of carbonyl (C=O) groups is 1. The van der Waals surface area contributed by atoms with E-state index in [9.17, 15) is 4.79 Å². The zero-order valence-corrected chi connectivity index (χ0v) is 19.8. The number of rotatable bonds is 7. The van der Waals surface area contributed by atoms with Crippen LogP contribution in [0.25, 0.3) is 0 Å². The van der Waals surface area contributed by atoms with Gasteiger partial charge in [0, 0.05) is 34.7 Å². The van der Waals surface area contributed by atoms with Gasteiger partial charge in [0.05, 0.1) is 12.7 Å². The second-order valence-corrected chi connectivity index (χ2v) is 6.89. The number of hydrogen-bond acceptors (Lipinski definition) is 3. The van der Waals surface area contributed by atoms with Gasteiger partial charge in [0.1, 0.15) is 17.5 Å². The van der Waals surface area contributed by atoms with Crippen LogP contribution in [0.15, 0.2) is 41.5 Å². The van der Waals surface area contributed by atoms with Gasteiger partial charge in [-0.25, -0.2) is 9.98 Å². The predicted molar refractivity (Wildman–Crippen MR) is 124 cm³/mol. The van der Waals surface area contributed by atoms with Crippen molar-refractivity contribution in [1.82, 2.24) is 24.7 Å². The normalized spacial score (nSPS) is 11.0. The third-order valence-electron chi connectivity index (χ3n) is 4.17. The molecule has 0 atom stereocenters. The second-order valence-electron chi connectivity index (χ2n) is 6.50. The lowest BCUT2D eigenvalue weighted by molar-refractivity contribution is -0.127. The minimum Gasteiger partial charge on any atom is -0.356 e. The Labute approximate surface area is 188 Å². The Morgan fingerprint density at radius 1 is 1.25 bits per heavy atom. The second kappa shape index (κ2) is 11.9. The number of imidazole rings is 1. The van der Waals surface area contributed by atoms with E-state index in [1.807, 2.05) is 41.8 Å². The van der Waals surface area contributed by atoms with Crippen LogP contribution in [0.3, 0.4) is 0 Å². The minimum atomic E-state index is -0.0502. The summed E-state index contributed by atoms with van der Waals surface area (Å²) in [6.45, 7) is 1.33. The Kier molecular flexibility index (Phi) is 10.3. The Morgan fingerprint density at radius 2 is 1.93 bits per heavy atom. The highest BCUT2D eigenvalue weighted by molar-refractivity contribution is 14.0. The van der Waals surface area contributed by atoms with Gasteiger partial charge in [-0.05, 0) is 12.0 Å². The molecule has 28 heavy (non-hydrogen) atoms. The van der Waals surface area contributed by atoms with Crippen LogP contribution in [0.4, 0.5) is 0 Å². The summed E-state index contributed by atoms with van der Waals surface area (Å²) in [5.41, 5.74) is 1.24. The largest absolute Gasteiger partial charge is 0.356 e. The Hall–Kier alpha value is -1.81. The highest BCUT2D eigenvalue weighted by Gasteiger charge is 2.13. The molecule has 2 aromatic rings. The van der Waals surface area contributed by atoms with Crippen molar-refractivity contribution in [3.05, 3.63) is 53.1 Å². The molecule has 0 aliphatic heterocycles. The quantitative estimate of drug-likeness (QED) is 0.347. The minimum absolute atomic E-state index is 0. The van der Waals surface area contributed by atoms with Crippen molar-refractivity contribution in [2.24, 2.45) is 12.0 Å². The number of hydrogen-bond donors (Lipinski definition) is 1. The van der Waals surface area contributed by atoms with E-state index in [-0.39, 0.29) is 36.4 Å². The summed E-state index contributed by atoms with van der Waals surface area (Å²) >= 11 is 6.07. The number of halogens is 2. The molecular formula is C19H28ClIN6O. The molecule has 1 N–H and O–H groups in total. The molecule has 7 nitrogen and oxygen atoms in total. The summed E-state index contributed by atoms with van der Waals surface area (Å²) < 4.78 is 1.82. The fraction of sp³-hybridized carbons (Fsp3) is 0.421. The number of benzene rings is 1. The van der Waals surface area contributed by atoms with E-state index in [2.05, 4.69) is 27.4 Å². The SMILES string of the molecule is CN(C)C(=O)CN=C(NCCc1ccccc1)N(C)Cc1ncc(Cl)n1C.I. The van der Waals surface area contributed by atoms with Crippen molar-refractivity contribution in [1.29, 1.82) is 0 Å². The maximum Gasteiger partial charge on any atom is 0.243 e. The summed E-state index contributed by atoms with van der Waals surface area (Å²) in [7, 11) is 7.23. The lowest BCUT2D eigenvalue weighted by Gasteiger charge is -2.22. The summed E-state index contributed by atoms with van der Waals surface area (Å²) in [6, 6.07) is 10.2. The van der Waals surface area contributed by atoms with Gasteiger partial charge in [-0.15, -0.1) is 24.0 Å².